The van der Waals surface area contributed by atoms with Crippen molar-refractivity contribution >= 4 is 16.5 Å². The molecule has 0 aliphatic rings. The lowest BCUT2D eigenvalue weighted by Gasteiger charge is -2.15. The van der Waals surface area contributed by atoms with Crippen LogP contribution in [0.15, 0.2) is 60.7 Å². The van der Waals surface area contributed by atoms with E-state index >= 15 is 0 Å². The Balaban J connectivity index is 2.12. The molecule has 3 aromatic carbocycles. The van der Waals surface area contributed by atoms with Gasteiger partial charge < -0.3 is 10.8 Å². The van der Waals surface area contributed by atoms with E-state index in [2.05, 4.69) is 12.1 Å². The van der Waals surface area contributed by atoms with Gasteiger partial charge in [-0.3, -0.25) is 0 Å². The zero-order chi connectivity index (χ0) is 14.1. The van der Waals surface area contributed by atoms with Gasteiger partial charge in [0.15, 0.2) is 0 Å². The summed E-state index contributed by atoms with van der Waals surface area (Å²) < 4.78 is 0. The maximum Gasteiger partial charge on any atom is 0.105 e. The average Bonchev–Trinajstić information content (AvgIpc) is 2.49. The van der Waals surface area contributed by atoms with Crippen LogP contribution in [-0.2, 0) is 0 Å². The van der Waals surface area contributed by atoms with E-state index in [1.165, 1.54) is 0 Å². The van der Waals surface area contributed by atoms with Crippen LogP contribution in [0.2, 0.25) is 0 Å². The van der Waals surface area contributed by atoms with Gasteiger partial charge >= 0.3 is 0 Å². The first-order valence-corrected chi connectivity index (χ1v) is 6.68. The lowest BCUT2D eigenvalue weighted by molar-refractivity contribution is 0.222. The number of rotatable bonds is 2. The Morgan fingerprint density at radius 2 is 1.70 bits per heavy atom. The van der Waals surface area contributed by atoms with E-state index in [1.807, 2.05) is 55.5 Å². The van der Waals surface area contributed by atoms with Crippen molar-refractivity contribution in [1.29, 1.82) is 0 Å². The lowest BCUT2D eigenvalue weighted by atomic mass is 9.95. The van der Waals surface area contributed by atoms with E-state index in [4.69, 9.17) is 5.73 Å². The molecule has 100 valence electrons. The van der Waals surface area contributed by atoms with Gasteiger partial charge in [-0.25, -0.2) is 0 Å². The Kier molecular flexibility index (Phi) is 3.17. The molecule has 0 aliphatic carbocycles. The maximum atomic E-state index is 10.6. The number of fused-ring (bicyclic) bond motifs is 1. The van der Waals surface area contributed by atoms with E-state index in [0.717, 1.165) is 27.5 Å². The molecular formula is C18H17NO. The van der Waals surface area contributed by atoms with Gasteiger partial charge in [-0.2, -0.15) is 0 Å². The van der Waals surface area contributed by atoms with Crippen LogP contribution in [0, 0.1) is 6.92 Å². The van der Waals surface area contributed by atoms with Crippen LogP contribution < -0.4 is 5.73 Å². The molecule has 2 nitrogen and oxygen atoms in total. The summed E-state index contributed by atoms with van der Waals surface area (Å²) in [5.74, 6) is 0. The molecule has 0 unspecified atom stereocenters. The highest BCUT2D eigenvalue weighted by atomic mass is 16.3. The van der Waals surface area contributed by atoms with Crippen molar-refractivity contribution in [3.05, 3.63) is 77.4 Å². The molecule has 3 N–H and O–H groups in total. The number of hydrogen-bond donors (Lipinski definition) is 2. The van der Waals surface area contributed by atoms with Gasteiger partial charge in [0.2, 0.25) is 0 Å². The highest BCUT2D eigenvalue weighted by Crippen LogP contribution is 2.30. The molecule has 0 bridgehead atoms. The van der Waals surface area contributed by atoms with Crippen molar-refractivity contribution in [1.82, 2.24) is 0 Å². The molecule has 1 atom stereocenters. The van der Waals surface area contributed by atoms with Gasteiger partial charge in [0.1, 0.15) is 6.10 Å². The summed E-state index contributed by atoms with van der Waals surface area (Å²) in [6.07, 6.45) is -0.663. The molecule has 0 amide bonds. The second kappa shape index (κ2) is 4.99. The largest absolute Gasteiger partial charge is 0.399 e. The summed E-state index contributed by atoms with van der Waals surface area (Å²) in [6, 6.07) is 19.8. The first-order chi connectivity index (χ1) is 9.66. The molecule has 0 aliphatic heterocycles. The molecule has 3 aromatic rings. The number of anilines is 1. The zero-order valence-corrected chi connectivity index (χ0v) is 11.4. The SMILES string of the molecule is Cc1ccc([C@@H](O)c2cccc3ccccc23)cc1N. The topological polar surface area (TPSA) is 46.2 Å². The van der Waals surface area contributed by atoms with Crippen molar-refractivity contribution in [2.45, 2.75) is 13.0 Å². The summed E-state index contributed by atoms with van der Waals surface area (Å²) >= 11 is 0. The number of benzene rings is 3. The first-order valence-electron chi connectivity index (χ1n) is 6.68. The van der Waals surface area contributed by atoms with Crippen molar-refractivity contribution in [2.75, 3.05) is 5.73 Å². The Hall–Kier alpha value is -2.32. The molecule has 0 radical (unpaired) electrons. The van der Waals surface area contributed by atoms with E-state index in [1.54, 1.807) is 0 Å². The molecule has 0 aromatic heterocycles. The fourth-order valence-electron chi connectivity index (χ4n) is 2.50. The molecule has 20 heavy (non-hydrogen) atoms. The monoisotopic (exact) mass is 263 g/mol. The van der Waals surface area contributed by atoms with Gasteiger partial charge in [-0.1, -0.05) is 54.6 Å². The Bertz CT molecular complexity index is 759. The highest BCUT2D eigenvalue weighted by Gasteiger charge is 2.13. The van der Waals surface area contributed by atoms with Crippen LogP contribution >= 0.6 is 0 Å². The average molecular weight is 263 g/mol. The molecule has 0 spiro atoms. The molecule has 0 heterocycles. The third-order valence-electron chi connectivity index (χ3n) is 3.74. The second-order valence-corrected chi connectivity index (χ2v) is 5.09. The zero-order valence-electron chi connectivity index (χ0n) is 11.4. The summed E-state index contributed by atoms with van der Waals surface area (Å²) in [5.41, 5.74) is 9.41. The van der Waals surface area contributed by atoms with Crippen LogP contribution in [-0.4, -0.2) is 5.11 Å². The van der Waals surface area contributed by atoms with Gasteiger partial charge in [-0.15, -0.1) is 0 Å². The molecule has 3 rings (SSSR count). The van der Waals surface area contributed by atoms with Crippen LogP contribution in [0.25, 0.3) is 10.8 Å². The quantitative estimate of drug-likeness (QED) is 0.691. The van der Waals surface area contributed by atoms with Crippen LogP contribution in [0.4, 0.5) is 5.69 Å². The summed E-state index contributed by atoms with van der Waals surface area (Å²) in [6.45, 7) is 1.96. The normalized spacial score (nSPS) is 12.5. The minimum atomic E-state index is -0.663. The number of nitrogens with two attached hydrogens (primary N) is 1. The third kappa shape index (κ3) is 2.15. The summed E-state index contributed by atoms with van der Waals surface area (Å²) in [5, 5.41) is 12.8. The van der Waals surface area contributed by atoms with Gasteiger partial charge in [-0.05, 0) is 40.5 Å². The predicted octanol–water partition coefficient (Wildman–Crippen LogP) is 3.81. The van der Waals surface area contributed by atoms with Gasteiger partial charge in [0.25, 0.3) is 0 Å². The smallest absolute Gasteiger partial charge is 0.105 e. The first kappa shape index (κ1) is 12.7. The van der Waals surface area contributed by atoms with Crippen LogP contribution in [0.3, 0.4) is 0 Å². The molecule has 0 saturated carbocycles. The van der Waals surface area contributed by atoms with Crippen LogP contribution in [0.1, 0.15) is 22.8 Å². The molecule has 0 saturated heterocycles. The number of hydrogen-bond acceptors (Lipinski definition) is 2. The van der Waals surface area contributed by atoms with E-state index in [9.17, 15) is 5.11 Å². The van der Waals surface area contributed by atoms with E-state index < -0.39 is 6.10 Å². The van der Waals surface area contributed by atoms with Gasteiger partial charge in [0, 0.05) is 5.69 Å². The van der Waals surface area contributed by atoms with Crippen molar-refractivity contribution in [3.8, 4) is 0 Å². The van der Waals surface area contributed by atoms with Crippen molar-refractivity contribution < 1.29 is 5.11 Å². The second-order valence-electron chi connectivity index (χ2n) is 5.09. The number of nitrogen functional groups attached to an aromatic ring is 1. The van der Waals surface area contributed by atoms with E-state index in [-0.39, 0.29) is 0 Å². The van der Waals surface area contributed by atoms with Crippen LogP contribution in [0.5, 0.6) is 0 Å². The minimum absolute atomic E-state index is 0.663. The van der Waals surface area contributed by atoms with Crippen molar-refractivity contribution in [3.63, 3.8) is 0 Å². The number of aliphatic hydroxyl groups excluding tert-OH is 1. The highest BCUT2D eigenvalue weighted by molar-refractivity contribution is 5.86. The predicted molar refractivity (Wildman–Crippen MR) is 83.6 cm³/mol. The standard InChI is InChI=1S/C18H17NO/c1-12-9-10-14(11-17(12)19)18(20)16-8-4-6-13-5-2-3-7-15(13)16/h2-11,18,20H,19H2,1H3/t18-/m1/s1. The Labute approximate surface area is 118 Å². The molecular weight excluding hydrogens is 246 g/mol. The fourth-order valence-corrected chi connectivity index (χ4v) is 2.50. The molecule has 0 fully saturated rings. The van der Waals surface area contributed by atoms with E-state index in [0.29, 0.717) is 5.69 Å². The number of aryl methyl sites for hydroxylation is 1. The molecule has 2 heteroatoms. The Morgan fingerprint density at radius 1 is 0.950 bits per heavy atom. The maximum absolute atomic E-state index is 10.6. The fraction of sp³-hybridized carbons (Fsp3) is 0.111. The minimum Gasteiger partial charge on any atom is -0.399 e. The summed E-state index contributed by atoms with van der Waals surface area (Å²) in [7, 11) is 0. The summed E-state index contributed by atoms with van der Waals surface area (Å²) in [4.78, 5) is 0. The van der Waals surface area contributed by atoms with Crippen molar-refractivity contribution in [2.24, 2.45) is 0 Å². The Morgan fingerprint density at radius 3 is 2.50 bits per heavy atom. The van der Waals surface area contributed by atoms with Gasteiger partial charge in [0.05, 0.1) is 0 Å². The third-order valence-corrected chi connectivity index (χ3v) is 3.74. The lowest BCUT2D eigenvalue weighted by Crippen LogP contribution is -2.02. The number of aliphatic hydroxyl groups is 1.